The van der Waals surface area contributed by atoms with Crippen LogP contribution in [-0.4, -0.2) is 9.78 Å². The molecule has 1 aromatic rings. The summed E-state index contributed by atoms with van der Waals surface area (Å²) in [6, 6.07) is 0. The summed E-state index contributed by atoms with van der Waals surface area (Å²) in [4.78, 5) is 0. The molecule has 0 amide bonds. The molecule has 3 nitrogen and oxygen atoms in total. The molecular weight excluding hydrogens is 188 g/mol. The summed E-state index contributed by atoms with van der Waals surface area (Å²) in [5.74, 6) is 0. The Morgan fingerprint density at radius 2 is 2.29 bits per heavy atom. The van der Waals surface area contributed by atoms with Gasteiger partial charge in [-0.25, -0.2) is 8.78 Å². The normalized spacial score (nSPS) is 18.9. The first-order valence-electron chi connectivity index (χ1n) is 4.71. The van der Waals surface area contributed by atoms with Crippen molar-refractivity contribution in [3.05, 3.63) is 17.5 Å². The van der Waals surface area contributed by atoms with Crippen LogP contribution >= 0.6 is 0 Å². The zero-order valence-electron chi connectivity index (χ0n) is 8.00. The van der Waals surface area contributed by atoms with E-state index in [0.29, 0.717) is 12.2 Å². The zero-order chi connectivity index (χ0) is 10.3. The number of alkyl halides is 2. The van der Waals surface area contributed by atoms with Gasteiger partial charge in [0.1, 0.15) is 0 Å². The molecule has 1 aliphatic carbocycles. The molecule has 0 unspecified atom stereocenters. The second kappa shape index (κ2) is 3.02. The highest BCUT2D eigenvalue weighted by atomic mass is 19.3. The highest BCUT2D eigenvalue weighted by Gasteiger charge is 2.45. The Labute approximate surface area is 80.9 Å². The van der Waals surface area contributed by atoms with Crippen molar-refractivity contribution < 1.29 is 8.78 Å². The van der Waals surface area contributed by atoms with Crippen LogP contribution in [0.3, 0.4) is 0 Å². The summed E-state index contributed by atoms with van der Waals surface area (Å²) in [5, 5.41) is 4.10. The smallest absolute Gasteiger partial charge is 0.267 e. The first kappa shape index (κ1) is 9.58. The second-order valence-electron chi connectivity index (χ2n) is 3.75. The fourth-order valence-corrected chi connectivity index (χ4v) is 1.52. The highest BCUT2D eigenvalue weighted by Crippen LogP contribution is 2.45. The molecule has 1 saturated carbocycles. The molecule has 5 heteroatoms. The van der Waals surface area contributed by atoms with Gasteiger partial charge in [-0.15, -0.1) is 0 Å². The first-order valence-corrected chi connectivity index (χ1v) is 4.71. The van der Waals surface area contributed by atoms with Gasteiger partial charge in [0.2, 0.25) is 0 Å². The Hall–Kier alpha value is -0.970. The van der Waals surface area contributed by atoms with Crippen LogP contribution in [0.5, 0.6) is 0 Å². The van der Waals surface area contributed by atoms with E-state index in [9.17, 15) is 8.78 Å². The quantitative estimate of drug-likeness (QED) is 0.810. The Morgan fingerprint density at radius 1 is 1.64 bits per heavy atom. The lowest BCUT2D eigenvalue weighted by Crippen LogP contribution is -2.21. The number of aryl methyl sites for hydroxylation is 1. The van der Waals surface area contributed by atoms with Crippen molar-refractivity contribution >= 4 is 0 Å². The number of aromatic nitrogens is 2. The van der Waals surface area contributed by atoms with Crippen LogP contribution in [-0.2, 0) is 12.1 Å². The fraction of sp³-hybridized carbons (Fsp3) is 0.667. The summed E-state index contributed by atoms with van der Waals surface area (Å²) in [5.41, 5.74) is 5.66. The van der Waals surface area contributed by atoms with Gasteiger partial charge in [-0.05, 0) is 19.8 Å². The van der Waals surface area contributed by atoms with Crippen LogP contribution in [0.15, 0.2) is 6.20 Å². The van der Waals surface area contributed by atoms with Crippen LogP contribution in [0.2, 0.25) is 0 Å². The lowest BCUT2D eigenvalue weighted by atomic mass is 10.1. The van der Waals surface area contributed by atoms with Crippen molar-refractivity contribution in [2.75, 3.05) is 0 Å². The monoisotopic (exact) mass is 201 g/mol. The van der Waals surface area contributed by atoms with E-state index in [1.165, 1.54) is 10.9 Å². The number of rotatable bonds is 3. The number of nitrogens with zero attached hydrogens (tertiary/aromatic N) is 2. The molecule has 78 valence electrons. The highest BCUT2D eigenvalue weighted by molar-refractivity contribution is 5.30. The minimum Gasteiger partial charge on any atom is -0.320 e. The van der Waals surface area contributed by atoms with E-state index >= 15 is 0 Å². The summed E-state index contributed by atoms with van der Waals surface area (Å²) in [7, 11) is 0. The largest absolute Gasteiger partial charge is 0.320 e. The average Bonchev–Trinajstić information content (AvgIpc) is 2.74. The second-order valence-corrected chi connectivity index (χ2v) is 3.75. The van der Waals surface area contributed by atoms with Gasteiger partial charge in [0.05, 0.1) is 16.8 Å². The van der Waals surface area contributed by atoms with Crippen LogP contribution in [0, 0.1) is 0 Å². The van der Waals surface area contributed by atoms with Crippen LogP contribution in [0.4, 0.5) is 8.78 Å². The van der Waals surface area contributed by atoms with Gasteiger partial charge in [-0.2, -0.15) is 5.10 Å². The third-order valence-corrected chi connectivity index (χ3v) is 2.61. The zero-order valence-corrected chi connectivity index (χ0v) is 8.00. The molecule has 1 aliphatic rings. The van der Waals surface area contributed by atoms with Crippen molar-refractivity contribution in [2.45, 2.75) is 38.3 Å². The molecule has 2 rings (SSSR count). The van der Waals surface area contributed by atoms with Gasteiger partial charge in [0.15, 0.2) is 0 Å². The van der Waals surface area contributed by atoms with Crippen molar-refractivity contribution in [3.63, 3.8) is 0 Å². The predicted octanol–water partition coefficient (Wildman–Crippen LogP) is 1.79. The molecule has 0 spiro atoms. The topological polar surface area (TPSA) is 43.8 Å². The lowest BCUT2D eigenvalue weighted by molar-refractivity contribution is 0.149. The average molecular weight is 201 g/mol. The maximum atomic E-state index is 12.6. The third kappa shape index (κ3) is 1.41. The molecule has 1 heterocycles. The predicted molar refractivity (Wildman–Crippen MR) is 48.0 cm³/mol. The SMILES string of the molecule is CCn1cc(C(F)F)c(C2(N)CC2)n1. The molecule has 0 aliphatic heterocycles. The van der Waals surface area contributed by atoms with Crippen LogP contribution < -0.4 is 5.73 Å². The van der Waals surface area contributed by atoms with E-state index < -0.39 is 12.0 Å². The first-order chi connectivity index (χ1) is 6.57. The van der Waals surface area contributed by atoms with Crippen molar-refractivity contribution in [1.29, 1.82) is 0 Å². The molecule has 0 radical (unpaired) electrons. The molecule has 2 N–H and O–H groups in total. The number of hydrogen-bond donors (Lipinski definition) is 1. The molecule has 0 aromatic carbocycles. The van der Waals surface area contributed by atoms with Gasteiger partial charge in [0, 0.05) is 12.7 Å². The fourth-order valence-electron chi connectivity index (χ4n) is 1.52. The van der Waals surface area contributed by atoms with E-state index in [4.69, 9.17) is 5.73 Å². The van der Waals surface area contributed by atoms with E-state index in [-0.39, 0.29) is 5.56 Å². The molecular formula is C9H13F2N3. The summed E-state index contributed by atoms with van der Waals surface area (Å²) in [6.07, 6.45) is 0.430. The Morgan fingerprint density at radius 3 is 2.71 bits per heavy atom. The molecule has 1 aromatic heterocycles. The third-order valence-electron chi connectivity index (χ3n) is 2.61. The van der Waals surface area contributed by atoms with Gasteiger partial charge in [0.25, 0.3) is 6.43 Å². The number of hydrogen-bond acceptors (Lipinski definition) is 2. The Balaban J connectivity index is 2.41. The maximum absolute atomic E-state index is 12.6. The minimum atomic E-state index is -2.48. The van der Waals surface area contributed by atoms with Crippen LogP contribution in [0.1, 0.15) is 37.4 Å². The van der Waals surface area contributed by atoms with E-state index in [1.807, 2.05) is 6.92 Å². The Kier molecular flexibility index (Phi) is 2.06. The Bertz CT molecular complexity index is 342. The maximum Gasteiger partial charge on any atom is 0.267 e. The molecule has 14 heavy (non-hydrogen) atoms. The van der Waals surface area contributed by atoms with Gasteiger partial charge >= 0.3 is 0 Å². The van der Waals surface area contributed by atoms with Gasteiger partial charge in [-0.3, -0.25) is 4.68 Å². The molecule has 0 saturated heterocycles. The number of halogens is 2. The van der Waals surface area contributed by atoms with E-state index in [1.54, 1.807) is 0 Å². The van der Waals surface area contributed by atoms with Crippen molar-refractivity contribution in [1.82, 2.24) is 9.78 Å². The van der Waals surface area contributed by atoms with Crippen molar-refractivity contribution in [3.8, 4) is 0 Å². The summed E-state index contributed by atoms with van der Waals surface area (Å²) < 4.78 is 26.8. The minimum absolute atomic E-state index is 0.00755. The van der Waals surface area contributed by atoms with Gasteiger partial charge in [-0.1, -0.05) is 0 Å². The summed E-state index contributed by atoms with van der Waals surface area (Å²) >= 11 is 0. The van der Waals surface area contributed by atoms with Gasteiger partial charge < -0.3 is 5.73 Å². The number of nitrogens with two attached hydrogens (primary N) is 1. The van der Waals surface area contributed by atoms with E-state index in [0.717, 1.165) is 12.8 Å². The molecule has 1 fully saturated rings. The standard InChI is InChI=1S/C9H13F2N3/c1-2-14-5-6(8(10)11)7(13-14)9(12)3-4-9/h5,8H,2-4,12H2,1H3. The summed E-state index contributed by atoms with van der Waals surface area (Å²) in [6.45, 7) is 2.46. The van der Waals surface area contributed by atoms with Crippen LogP contribution in [0.25, 0.3) is 0 Å². The lowest BCUT2D eigenvalue weighted by Gasteiger charge is -2.06. The van der Waals surface area contributed by atoms with Crippen molar-refractivity contribution in [2.24, 2.45) is 5.73 Å². The van der Waals surface area contributed by atoms with E-state index in [2.05, 4.69) is 5.10 Å². The molecule has 0 atom stereocenters. The molecule has 0 bridgehead atoms.